The summed E-state index contributed by atoms with van der Waals surface area (Å²) in [6.45, 7) is 3.18. The van der Waals surface area contributed by atoms with Crippen molar-refractivity contribution < 1.29 is 23.9 Å². The van der Waals surface area contributed by atoms with Gasteiger partial charge in [-0.1, -0.05) is 12.1 Å². The van der Waals surface area contributed by atoms with Crippen LogP contribution < -0.4 is 0 Å². The summed E-state index contributed by atoms with van der Waals surface area (Å²) in [7, 11) is 4.49. The van der Waals surface area contributed by atoms with E-state index in [2.05, 4.69) is 21.0 Å². The zero-order chi connectivity index (χ0) is 19.7. The van der Waals surface area contributed by atoms with Gasteiger partial charge in [-0.3, -0.25) is 0 Å². The number of nitrogens with zero attached hydrogens (tertiary/aromatic N) is 1. The Morgan fingerprint density at radius 1 is 1.29 bits per heavy atom. The maximum absolute atomic E-state index is 13.3. The van der Waals surface area contributed by atoms with Gasteiger partial charge in [0.25, 0.3) is 0 Å². The lowest BCUT2D eigenvalue weighted by atomic mass is 9.68. The van der Waals surface area contributed by atoms with Crippen LogP contribution in [0.15, 0.2) is 35.0 Å². The molecule has 3 fully saturated rings. The summed E-state index contributed by atoms with van der Waals surface area (Å²) in [5.74, 6) is -0.561. The second-order valence-corrected chi connectivity index (χ2v) is 11.0. The molecule has 1 saturated carbocycles. The van der Waals surface area contributed by atoms with Crippen LogP contribution in [-0.2, 0) is 19.9 Å². The quantitative estimate of drug-likeness (QED) is 0.459. The molecule has 1 N–H and O–H groups in total. The van der Waals surface area contributed by atoms with Crippen molar-refractivity contribution >= 4 is 28.6 Å². The molecule has 2 aromatic rings. The van der Waals surface area contributed by atoms with Crippen molar-refractivity contribution in [2.45, 2.75) is 49.7 Å². The number of aliphatic hydroxyl groups is 1. The van der Waals surface area contributed by atoms with Gasteiger partial charge in [-0.2, -0.15) is 0 Å². The number of carbonyl (C=O) groups excluding carboxylic acids is 1. The molecule has 0 amide bonds. The molecule has 2 aliphatic heterocycles. The number of carbonyl (C=O) groups is 1. The van der Waals surface area contributed by atoms with Crippen LogP contribution in [0.1, 0.15) is 29.5 Å². The molecule has 28 heavy (non-hydrogen) atoms. The molecular formula is C21H26NO4S2+. The average Bonchev–Trinajstić information content (AvgIpc) is 3.14. The van der Waals surface area contributed by atoms with Crippen LogP contribution in [0.3, 0.4) is 0 Å². The molecule has 0 spiro atoms. The number of likely N-dealkylation sites (tertiary alicyclic amines) is 1. The Morgan fingerprint density at radius 2 is 1.89 bits per heavy atom. The lowest BCUT2D eigenvalue weighted by Gasteiger charge is -2.57. The number of ether oxygens (including phenoxy) is 2. The van der Waals surface area contributed by atoms with Gasteiger partial charge in [0.15, 0.2) is 0 Å². The smallest absolute Gasteiger partial charge is 0.349 e. The Balaban J connectivity index is 1.39. The summed E-state index contributed by atoms with van der Waals surface area (Å²) in [5, 5.41) is 15.2. The molecule has 7 heteroatoms. The van der Waals surface area contributed by atoms with Gasteiger partial charge in [0.1, 0.15) is 23.7 Å². The minimum Gasteiger partial charge on any atom is -0.459 e. The number of quaternary nitrogens is 1. The van der Waals surface area contributed by atoms with E-state index in [1.807, 2.05) is 22.9 Å². The van der Waals surface area contributed by atoms with Gasteiger partial charge in [-0.05, 0) is 29.8 Å². The Bertz CT molecular complexity index is 844. The van der Waals surface area contributed by atoms with Crippen molar-refractivity contribution in [3.8, 4) is 0 Å². The zero-order valence-electron chi connectivity index (χ0n) is 16.3. The van der Waals surface area contributed by atoms with E-state index in [4.69, 9.17) is 9.47 Å². The second kappa shape index (κ2) is 6.12. The summed E-state index contributed by atoms with van der Waals surface area (Å²) in [6.07, 6.45) is 2.05. The minimum atomic E-state index is -1.73. The molecular weight excluding hydrogens is 394 g/mol. The lowest BCUT2D eigenvalue weighted by molar-refractivity contribution is -0.976. The summed E-state index contributed by atoms with van der Waals surface area (Å²) >= 11 is 2.75. The van der Waals surface area contributed by atoms with Gasteiger partial charge in [0.05, 0.1) is 36.5 Å². The third-order valence-electron chi connectivity index (χ3n) is 6.91. The maximum Gasteiger partial charge on any atom is 0.349 e. The van der Waals surface area contributed by atoms with Crippen molar-refractivity contribution in [1.29, 1.82) is 0 Å². The molecule has 0 radical (unpaired) electrons. The molecule has 3 unspecified atom stereocenters. The van der Waals surface area contributed by atoms with Gasteiger partial charge < -0.3 is 19.1 Å². The standard InChI is InChI=1S/C21H26NO4S2/c1-13-18(25-13)20-11-14(10-15(20)22(2,3)12-20)26-19(23)21(24,16-6-4-8-27-16)17-7-5-9-28-17/h4-9,13-15,18,24H,10-12H2,1-3H3/q+1/t13-,14-,15?,18?,20?/m0/s1. The fraction of sp³-hybridized carbons (Fsp3) is 0.571. The number of epoxide rings is 1. The van der Waals surface area contributed by atoms with Crippen molar-refractivity contribution in [3.63, 3.8) is 0 Å². The molecule has 3 aliphatic rings. The SMILES string of the molecule is C[C@@H]1OC1C12C[C@@H](OC(=O)C(O)(c3cccs3)c3cccs3)CC1[N+](C)(C)C2. The largest absolute Gasteiger partial charge is 0.459 e. The molecule has 5 nitrogen and oxygen atoms in total. The first-order valence-electron chi connectivity index (χ1n) is 9.77. The van der Waals surface area contributed by atoms with Crippen LogP contribution in [0.25, 0.3) is 0 Å². The molecule has 0 bridgehead atoms. The highest BCUT2D eigenvalue weighted by molar-refractivity contribution is 7.12. The highest BCUT2D eigenvalue weighted by Crippen LogP contribution is 2.60. The summed E-state index contributed by atoms with van der Waals surface area (Å²) in [5.41, 5.74) is -1.62. The minimum absolute atomic E-state index is 0.109. The third kappa shape index (κ3) is 2.57. The molecule has 5 rings (SSSR count). The van der Waals surface area contributed by atoms with Gasteiger partial charge in [-0.25, -0.2) is 4.79 Å². The summed E-state index contributed by atoms with van der Waals surface area (Å²) < 4.78 is 12.8. The van der Waals surface area contributed by atoms with E-state index in [1.165, 1.54) is 22.7 Å². The maximum atomic E-state index is 13.3. The average molecular weight is 421 g/mol. The molecule has 2 saturated heterocycles. The molecule has 150 valence electrons. The molecule has 0 aromatic carbocycles. The van der Waals surface area contributed by atoms with Crippen molar-refractivity contribution in [3.05, 3.63) is 44.8 Å². The number of fused-ring (bicyclic) bond motifs is 1. The molecule has 2 aromatic heterocycles. The van der Waals surface area contributed by atoms with E-state index in [0.29, 0.717) is 21.9 Å². The predicted octanol–water partition coefficient (Wildman–Crippen LogP) is 2.98. The Labute approximate surface area is 173 Å². The van der Waals surface area contributed by atoms with Crippen LogP contribution in [0.5, 0.6) is 0 Å². The fourth-order valence-corrected chi connectivity index (χ4v) is 7.55. The lowest BCUT2D eigenvalue weighted by Crippen LogP contribution is -2.72. The van der Waals surface area contributed by atoms with Gasteiger partial charge in [0, 0.05) is 12.8 Å². The van der Waals surface area contributed by atoms with Crippen LogP contribution in [0.4, 0.5) is 0 Å². The van der Waals surface area contributed by atoms with Gasteiger partial charge in [0.2, 0.25) is 5.60 Å². The zero-order valence-corrected chi connectivity index (χ0v) is 18.0. The Morgan fingerprint density at radius 3 is 2.36 bits per heavy atom. The Kier molecular flexibility index (Phi) is 4.10. The first-order chi connectivity index (χ1) is 13.3. The number of rotatable bonds is 5. The van der Waals surface area contributed by atoms with Gasteiger partial charge >= 0.3 is 5.97 Å². The van der Waals surface area contributed by atoms with Crippen LogP contribution in [0.2, 0.25) is 0 Å². The normalized spacial score (nSPS) is 35.9. The van der Waals surface area contributed by atoms with E-state index in [1.54, 1.807) is 12.1 Å². The summed E-state index contributed by atoms with van der Waals surface area (Å²) in [4.78, 5) is 14.5. The first kappa shape index (κ1) is 18.8. The van der Waals surface area contributed by atoms with E-state index < -0.39 is 11.6 Å². The van der Waals surface area contributed by atoms with Crippen LogP contribution in [-0.4, -0.2) is 60.6 Å². The molecule has 1 aliphatic carbocycles. The van der Waals surface area contributed by atoms with Crippen molar-refractivity contribution in [2.24, 2.45) is 5.41 Å². The van der Waals surface area contributed by atoms with E-state index in [0.717, 1.165) is 23.9 Å². The fourth-order valence-electron chi connectivity index (χ4n) is 5.84. The van der Waals surface area contributed by atoms with Crippen LogP contribution >= 0.6 is 22.7 Å². The number of hydrogen-bond acceptors (Lipinski definition) is 6. The number of hydrogen-bond donors (Lipinski definition) is 1. The highest BCUT2D eigenvalue weighted by Gasteiger charge is 2.74. The number of esters is 1. The first-order valence-corrected chi connectivity index (χ1v) is 11.5. The second-order valence-electron chi connectivity index (χ2n) is 9.08. The predicted molar refractivity (Wildman–Crippen MR) is 108 cm³/mol. The molecule has 4 heterocycles. The topological polar surface area (TPSA) is 59.1 Å². The highest BCUT2D eigenvalue weighted by atomic mass is 32.1. The molecule has 5 atom stereocenters. The van der Waals surface area contributed by atoms with Gasteiger partial charge in [-0.15, -0.1) is 22.7 Å². The third-order valence-corrected chi connectivity index (χ3v) is 8.86. The summed E-state index contributed by atoms with van der Waals surface area (Å²) in [6, 6.07) is 7.73. The van der Waals surface area contributed by atoms with E-state index in [9.17, 15) is 9.90 Å². The van der Waals surface area contributed by atoms with Crippen molar-refractivity contribution in [2.75, 3.05) is 20.6 Å². The van der Waals surface area contributed by atoms with Crippen LogP contribution in [0, 0.1) is 5.41 Å². The van der Waals surface area contributed by atoms with Crippen molar-refractivity contribution in [1.82, 2.24) is 0 Å². The Hall–Kier alpha value is -1.25. The van der Waals surface area contributed by atoms with E-state index in [-0.39, 0.29) is 17.6 Å². The van der Waals surface area contributed by atoms with E-state index >= 15 is 0 Å². The monoisotopic (exact) mass is 420 g/mol. The number of thiophene rings is 2.